The molecule has 0 amide bonds. The molecule has 0 fully saturated rings. The number of aliphatic hydroxyl groups is 1. The predicted octanol–water partition coefficient (Wildman–Crippen LogP) is 2.55. The minimum Gasteiger partial charge on any atom is -0.392 e. The highest BCUT2D eigenvalue weighted by atomic mass is 127. The van der Waals surface area contributed by atoms with Gasteiger partial charge in [0.1, 0.15) is 0 Å². The van der Waals surface area contributed by atoms with Crippen LogP contribution in [0.25, 0.3) is 0 Å². The molecule has 3 heteroatoms. The Hall–Kier alpha value is 0.390. The van der Waals surface area contributed by atoms with E-state index >= 15 is 0 Å². The van der Waals surface area contributed by atoms with E-state index < -0.39 is 0 Å². The fourth-order valence-corrected chi connectivity index (χ4v) is 2.07. The van der Waals surface area contributed by atoms with Crippen LogP contribution >= 0.6 is 38.5 Å². The van der Waals surface area contributed by atoms with Crippen LogP contribution in [-0.2, 0) is 6.61 Å². The van der Waals surface area contributed by atoms with E-state index in [-0.39, 0.29) is 6.61 Å². The van der Waals surface area contributed by atoms with Crippen molar-refractivity contribution in [3.63, 3.8) is 0 Å². The maximum atomic E-state index is 8.78. The molecule has 1 nitrogen and oxygen atoms in total. The van der Waals surface area contributed by atoms with Crippen molar-refractivity contribution in [3.8, 4) is 0 Å². The van der Waals surface area contributed by atoms with Gasteiger partial charge in [0.25, 0.3) is 0 Å². The first-order valence-corrected chi connectivity index (χ1v) is 4.66. The van der Waals surface area contributed by atoms with Crippen LogP contribution < -0.4 is 0 Å². The van der Waals surface area contributed by atoms with Gasteiger partial charge < -0.3 is 5.11 Å². The molecular weight excluding hydrogens is 307 g/mol. The van der Waals surface area contributed by atoms with Crippen molar-refractivity contribution < 1.29 is 5.11 Å². The third kappa shape index (κ3) is 1.93. The Balaban J connectivity index is 3.07. The quantitative estimate of drug-likeness (QED) is 0.790. The molecule has 1 N–H and O–H groups in total. The van der Waals surface area contributed by atoms with Crippen LogP contribution in [0, 0.1) is 3.57 Å². The number of hydrogen-bond donors (Lipinski definition) is 1. The van der Waals surface area contributed by atoms with Gasteiger partial charge in [-0.1, -0.05) is 22.0 Å². The van der Waals surface area contributed by atoms with Gasteiger partial charge in [0, 0.05) is 8.04 Å². The molecule has 10 heavy (non-hydrogen) atoms. The van der Waals surface area contributed by atoms with Gasteiger partial charge in [-0.3, -0.25) is 0 Å². The molecule has 1 rings (SSSR count). The first-order valence-electron chi connectivity index (χ1n) is 2.79. The Morgan fingerprint density at radius 1 is 1.50 bits per heavy atom. The number of rotatable bonds is 1. The summed E-state index contributed by atoms with van der Waals surface area (Å²) in [7, 11) is 0. The maximum absolute atomic E-state index is 8.78. The Kier molecular flexibility index (Phi) is 3.13. The molecule has 0 radical (unpaired) electrons. The monoisotopic (exact) mass is 312 g/mol. The standard InChI is InChI=1S/C7H6BrIO/c8-7-3-6(9)2-1-5(7)4-10/h1-3,10H,4H2. The van der Waals surface area contributed by atoms with Crippen LogP contribution in [0.15, 0.2) is 22.7 Å². The first-order chi connectivity index (χ1) is 4.74. The van der Waals surface area contributed by atoms with Gasteiger partial charge in [0.2, 0.25) is 0 Å². The van der Waals surface area contributed by atoms with Crippen LogP contribution in [-0.4, -0.2) is 5.11 Å². The zero-order chi connectivity index (χ0) is 7.56. The summed E-state index contributed by atoms with van der Waals surface area (Å²) in [4.78, 5) is 0. The van der Waals surface area contributed by atoms with Gasteiger partial charge in [-0.2, -0.15) is 0 Å². The van der Waals surface area contributed by atoms with Crippen molar-refractivity contribution in [1.29, 1.82) is 0 Å². The summed E-state index contributed by atoms with van der Waals surface area (Å²) in [5.41, 5.74) is 0.931. The molecule has 0 saturated heterocycles. The summed E-state index contributed by atoms with van der Waals surface area (Å²) in [6.45, 7) is 0.0947. The van der Waals surface area contributed by atoms with Crippen LogP contribution in [0.2, 0.25) is 0 Å². The van der Waals surface area contributed by atoms with Crippen molar-refractivity contribution in [2.24, 2.45) is 0 Å². The lowest BCUT2D eigenvalue weighted by Crippen LogP contribution is -1.84. The molecule has 0 atom stereocenters. The molecule has 0 spiro atoms. The van der Waals surface area contributed by atoms with Crippen LogP contribution in [0.3, 0.4) is 0 Å². The van der Waals surface area contributed by atoms with Crippen molar-refractivity contribution in [2.75, 3.05) is 0 Å². The molecular formula is C7H6BrIO. The summed E-state index contributed by atoms with van der Waals surface area (Å²) >= 11 is 5.57. The summed E-state index contributed by atoms with van der Waals surface area (Å²) in [6.07, 6.45) is 0. The van der Waals surface area contributed by atoms with Crippen LogP contribution in [0.4, 0.5) is 0 Å². The van der Waals surface area contributed by atoms with Crippen molar-refractivity contribution >= 4 is 38.5 Å². The highest BCUT2D eigenvalue weighted by Gasteiger charge is 1.96. The average Bonchev–Trinajstić information content (AvgIpc) is 1.88. The minimum absolute atomic E-state index is 0.0947. The van der Waals surface area contributed by atoms with E-state index in [0.29, 0.717) is 0 Å². The second-order valence-corrected chi connectivity index (χ2v) is 3.99. The van der Waals surface area contributed by atoms with E-state index in [0.717, 1.165) is 10.0 Å². The summed E-state index contributed by atoms with van der Waals surface area (Å²) < 4.78 is 2.14. The lowest BCUT2D eigenvalue weighted by Gasteiger charge is -1.99. The molecule has 0 aromatic heterocycles. The van der Waals surface area contributed by atoms with E-state index in [1.54, 1.807) is 0 Å². The number of aliphatic hydroxyl groups excluding tert-OH is 1. The number of benzene rings is 1. The largest absolute Gasteiger partial charge is 0.392 e. The van der Waals surface area contributed by atoms with Crippen molar-refractivity contribution in [2.45, 2.75) is 6.61 Å². The fourth-order valence-electron chi connectivity index (χ4n) is 0.650. The van der Waals surface area contributed by atoms with E-state index in [2.05, 4.69) is 38.5 Å². The van der Waals surface area contributed by atoms with Crippen LogP contribution in [0.5, 0.6) is 0 Å². The van der Waals surface area contributed by atoms with Crippen molar-refractivity contribution in [3.05, 3.63) is 31.8 Å². The molecule has 54 valence electrons. The van der Waals surface area contributed by atoms with E-state index in [9.17, 15) is 0 Å². The van der Waals surface area contributed by atoms with E-state index in [1.165, 1.54) is 3.57 Å². The smallest absolute Gasteiger partial charge is 0.0692 e. The highest BCUT2D eigenvalue weighted by Crippen LogP contribution is 2.19. The summed E-state index contributed by atoms with van der Waals surface area (Å²) in [5.74, 6) is 0. The molecule has 0 aliphatic heterocycles. The Bertz CT molecular complexity index is 237. The minimum atomic E-state index is 0.0947. The van der Waals surface area contributed by atoms with Crippen molar-refractivity contribution in [1.82, 2.24) is 0 Å². The van der Waals surface area contributed by atoms with E-state index in [1.807, 2.05) is 18.2 Å². The Morgan fingerprint density at radius 3 is 2.70 bits per heavy atom. The summed E-state index contributed by atoms with van der Waals surface area (Å²) in [5, 5.41) is 8.78. The normalized spacial score (nSPS) is 9.90. The lowest BCUT2D eigenvalue weighted by atomic mass is 10.2. The molecule has 1 aromatic rings. The molecule has 0 unspecified atom stereocenters. The Morgan fingerprint density at radius 2 is 2.20 bits per heavy atom. The molecule has 0 aliphatic carbocycles. The van der Waals surface area contributed by atoms with Gasteiger partial charge in [-0.15, -0.1) is 0 Å². The first kappa shape index (κ1) is 8.49. The van der Waals surface area contributed by atoms with Crippen LogP contribution in [0.1, 0.15) is 5.56 Å². The molecule has 1 aromatic carbocycles. The van der Waals surface area contributed by atoms with Gasteiger partial charge in [0.05, 0.1) is 6.61 Å². The average molecular weight is 313 g/mol. The molecule has 0 saturated carbocycles. The predicted molar refractivity (Wildman–Crippen MR) is 52.8 cm³/mol. The fraction of sp³-hybridized carbons (Fsp3) is 0.143. The van der Waals surface area contributed by atoms with Gasteiger partial charge in [-0.05, 0) is 40.3 Å². The molecule has 0 heterocycles. The zero-order valence-corrected chi connectivity index (χ0v) is 8.89. The van der Waals surface area contributed by atoms with Gasteiger partial charge in [-0.25, -0.2) is 0 Å². The van der Waals surface area contributed by atoms with Gasteiger partial charge in [0.15, 0.2) is 0 Å². The second kappa shape index (κ2) is 3.69. The SMILES string of the molecule is OCc1ccc(I)cc1Br. The van der Waals surface area contributed by atoms with E-state index in [4.69, 9.17) is 5.11 Å². The maximum Gasteiger partial charge on any atom is 0.0692 e. The zero-order valence-electron chi connectivity index (χ0n) is 5.14. The molecule has 0 aliphatic rings. The Labute approximate surface area is 81.7 Å². The summed E-state index contributed by atoms with van der Waals surface area (Å²) in [6, 6.07) is 5.86. The second-order valence-electron chi connectivity index (χ2n) is 1.89. The topological polar surface area (TPSA) is 20.2 Å². The van der Waals surface area contributed by atoms with Gasteiger partial charge >= 0.3 is 0 Å². The third-order valence-electron chi connectivity index (χ3n) is 1.19. The number of hydrogen-bond acceptors (Lipinski definition) is 1. The third-order valence-corrected chi connectivity index (χ3v) is 2.59. The number of halogens is 2. The highest BCUT2D eigenvalue weighted by molar-refractivity contribution is 14.1. The lowest BCUT2D eigenvalue weighted by molar-refractivity contribution is 0.281. The molecule has 0 bridgehead atoms.